The summed E-state index contributed by atoms with van der Waals surface area (Å²) in [6.07, 6.45) is 2.72. The van der Waals surface area contributed by atoms with Crippen LogP contribution >= 0.6 is 23.6 Å². The molecular formula is C15H17N3S2. The van der Waals surface area contributed by atoms with E-state index in [1.807, 2.05) is 24.3 Å². The first kappa shape index (κ1) is 14.7. The van der Waals surface area contributed by atoms with Gasteiger partial charge in [-0.2, -0.15) is 5.10 Å². The highest BCUT2D eigenvalue weighted by Crippen LogP contribution is 2.12. The van der Waals surface area contributed by atoms with Gasteiger partial charge in [0.05, 0.1) is 6.21 Å². The van der Waals surface area contributed by atoms with E-state index in [9.17, 15) is 0 Å². The van der Waals surface area contributed by atoms with Crippen LogP contribution < -0.4 is 10.7 Å². The zero-order valence-corrected chi connectivity index (χ0v) is 12.9. The van der Waals surface area contributed by atoms with Gasteiger partial charge in [0.25, 0.3) is 0 Å². The molecule has 0 saturated carbocycles. The highest BCUT2D eigenvalue weighted by molar-refractivity contribution is 7.80. The van der Waals surface area contributed by atoms with E-state index in [2.05, 4.69) is 41.0 Å². The Bertz CT molecular complexity index is 576. The number of hydrazone groups is 1. The molecule has 0 atom stereocenters. The van der Waals surface area contributed by atoms with Crippen molar-refractivity contribution in [2.45, 2.75) is 13.3 Å². The molecule has 2 aromatic rings. The third-order valence-corrected chi connectivity index (χ3v) is 3.83. The lowest BCUT2D eigenvalue weighted by atomic mass is 10.1. The summed E-state index contributed by atoms with van der Waals surface area (Å²) in [7, 11) is 0. The summed E-state index contributed by atoms with van der Waals surface area (Å²) in [4.78, 5) is 2.39. The molecule has 1 aromatic carbocycles. The topological polar surface area (TPSA) is 36.4 Å². The fourth-order valence-electron chi connectivity index (χ4n) is 1.68. The van der Waals surface area contributed by atoms with Crippen LogP contribution in [-0.2, 0) is 6.42 Å². The quantitative estimate of drug-likeness (QED) is 0.506. The van der Waals surface area contributed by atoms with Gasteiger partial charge in [-0.15, -0.1) is 11.3 Å². The predicted octanol–water partition coefficient (Wildman–Crippen LogP) is 3.10. The van der Waals surface area contributed by atoms with Crippen LogP contribution in [0, 0.1) is 6.92 Å². The van der Waals surface area contributed by atoms with Gasteiger partial charge >= 0.3 is 0 Å². The summed E-state index contributed by atoms with van der Waals surface area (Å²) in [6, 6.07) is 14.4. The molecule has 0 aliphatic carbocycles. The van der Waals surface area contributed by atoms with Crippen molar-refractivity contribution < 1.29 is 0 Å². The van der Waals surface area contributed by atoms with Gasteiger partial charge in [-0.1, -0.05) is 30.3 Å². The number of nitrogens with one attached hydrogen (secondary N) is 2. The Kier molecular flexibility index (Phi) is 5.70. The molecule has 1 heterocycles. The maximum Gasteiger partial charge on any atom is 0.186 e. The van der Waals surface area contributed by atoms with Crippen molar-refractivity contribution >= 4 is 34.9 Å². The van der Waals surface area contributed by atoms with E-state index in [0.717, 1.165) is 17.8 Å². The molecule has 0 spiro atoms. The molecular weight excluding hydrogens is 286 g/mol. The van der Waals surface area contributed by atoms with E-state index in [-0.39, 0.29) is 0 Å². The standard InChI is InChI=1S/C15H17N3S2/c1-12-7-8-14(20-12)11-17-18-15(19)16-10-9-13-5-3-2-4-6-13/h2-8,11H,9-10H2,1H3,(H2,16,18,19)/b17-11+. The zero-order chi connectivity index (χ0) is 14.2. The Morgan fingerprint density at radius 2 is 2.05 bits per heavy atom. The molecule has 0 aliphatic heterocycles. The number of hydrogen-bond acceptors (Lipinski definition) is 3. The smallest absolute Gasteiger partial charge is 0.186 e. The van der Waals surface area contributed by atoms with Gasteiger partial charge in [0.2, 0.25) is 0 Å². The molecule has 0 unspecified atom stereocenters. The SMILES string of the molecule is Cc1ccc(/C=N/NC(=S)NCCc2ccccc2)s1. The molecule has 20 heavy (non-hydrogen) atoms. The second kappa shape index (κ2) is 7.77. The van der Waals surface area contributed by atoms with Gasteiger partial charge in [0, 0.05) is 16.3 Å². The van der Waals surface area contributed by atoms with Crippen molar-refractivity contribution in [3.8, 4) is 0 Å². The van der Waals surface area contributed by atoms with Crippen LogP contribution in [0.1, 0.15) is 15.3 Å². The Balaban J connectivity index is 1.67. The molecule has 0 saturated heterocycles. The molecule has 0 aliphatic rings. The van der Waals surface area contributed by atoms with E-state index in [1.165, 1.54) is 10.4 Å². The normalized spacial score (nSPS) is 10.7. The maximum absolute atomic E-state index is 5.16. The minimum Gasteiger partial charge on any atom is -0.361 e. The van der Waals surface area contributed by atoms with E-state index in [1.54, 1.807) is 17.6 Å². The Hall–Kier alpha value is -1.72. The van der Waals surface area contributed by atoms with Gasteiger partial charge in [-0.25, -0.2) is 0 Å². The number of rotatable bonds is 5. The number of aryl methyl sites for hydroxylation is 1. The van der Waals surface area contributed by atoms with Crippen molar-refractivity contribution in [2.24, 2.45) is 5.10 Å². The predicted molar refractivity (Wildman–Crippen MR) is 90.5 cm³/mol. The number of nitrogens with zero attached hydrogens (tertiary/aromatic N) is 1. The average Bonchev–Trinajstić information content (AvgIpc) is 2.86. The summed E-state index contributed by atoms with van der Waals surface area (Å²) >= 11 is 6.86. The van der Waals surface area contributed by atoms with Crippen LogP contribution in [0.2, 0.25) is 0 Å². The first-order chi connectivity index (χ1) is 9.74. The minimum absolute atomic E-state index is 0.547. The van der Waals surface area contributed by atoms with Crippen LogP contribution in [0.15, 0.2) is 47.6 Å². The van der Waals surface area contributed by atoms with Crippen molar-refractivity contribution in [1.29, 1.82) is 0 Å². The van der Waals surface area contributed by atoms with Crippen molar-refractivity contribution in [1.82, 2.24) is 10.7 Å². The minimum atomic E-state index is 0.547. The monoisotopic (exact) mass is 303 g/mol. The summed E-state index contributed by atoms with van der Waals surface area (Å²) in [5, 5.41) is 7.79. The molecule has 2 N–H and O–H groups in total. The lowest BCUT2D eigenvalue weighted by Gasteiger charge is -2.06. The zero-order valence-electron chi connectivity index (χ0n) is 11.3. The van der Waals surface area contributed by atoms with Crippen molar-refractivity contribution in [3.63, 3.8) is 0 Å². The average molecular weight is 303 g/mol. The lowest BCUT2D eigenvalue weighted by molar-refractivity contribution is 0.838. The Morgan fingerprint density at radius 3 is 2.75 bits per heavy atom. The lowest BCUT2D eigenvalue weighted by Crippen LogP contribution is -2.33. The number of hydrogen-bond donors (Lipinski definition) is 2. The fraction of sp³-hybridized carbons (Fsp3) is 0.200. The molecule has 104 valence electrons. The first-order valence-electron chi connectivity index (χ1n) is 6.41. The number of thiophene rings is 1. The molecule has 0 amide bonds. The van der Waals surface area contributed by atoms with Gasteiger partial charge < -0.3 is 5.32 Å². The van der Waals surface area contributed by atoms with E-state index in [4.69, 9.17) is 12.2 Å². The van der Waals surface area contributed by atoms with E-state index < -0.39 is 0 Å². The van der Waals surface area contributed by atoms with Crippen LogP contribution in [0.3, 0.4) is 0 Å². The summed E-state index contributed by atoms with van der Waals surface area (Å²) in [6.45, 7) is 2.87. The van der Waals surface area contributed by atoms with Gasteiger partial charge in [0.15, 0.2) is 5.11 Å². The Morgan fingerprint density at radius 1 is 1.25 bits per heavy atom. The second-order valence-corrected chi connectivity index (χ2v) is 6.04. The van der Waals surface area contributed by atoms with Crippen molar-refractivity contribution in [2.75, 3.05) is 6.54 Å². The fourth-order valence-corrected chi connectivity index (χ4v) is 2.59. The molecule has 0 fully saturated rings. The highest BCUT2D eigenvalue weighted by Gasteiger charge is 1.95. The summed E-state index contributed by atoms with van der Waals surface area (Å²) in [5.41, 5.74) is 4.12. The molecule has 5 heteroatoms. The third-order valence-electron chi connectivity index (χ3n) is 2.66. The molecule has 0 bridgehead atoms. The molecule has 3 nitrogen and oxygen atoms in total. The van der Waals surface area contributed by atoms with E-state index >= 15 is 0 Å². The highest BCUT2D eigenvalue weighted by atomic mass is 32.1. The number of benzene rings is 1. The first-order valence-corrected chi connectivity index (χ1v) is 7.64. The molecule has 2 rings (SSSR count). The van der Waals surface area contributed by atoms with E-state index in [0.29, 0.717) is 5.11 Å². The second-order valence-electron chi connectivity index (χ2n) is 4.31. The summed E-state index contributed by atoms with van der Waals surface area (Å²) < 4.78 is 0. The van der Waals surface area contributed by atoms with Gasteiger partial charge in [-0.3, -0.25) is 5.43 Å². The third kappa shape index (κ3) is 5.11. The molecule has 0 radical (unpaired) electrons. The summed E-state index contributed by atoms with van der Waals surface area (Å²) in [5.74, 6) is 0. The largest absolute Gasteiger partial charge is 0.361 e. The van der Waals surface area contributed by atoms with Crippen LogP contribution in [0.5, 0.6) is 0 Å². The van der Waals surface area contributed by atoms with Gasteiger partial charge in [-0.05, 0) is 43.3 Å². The van der Waals surface area contributed by atoms with Crippen molar-refractivity contribution in [3.05, 3.63) is 57.8 Å². The maximum atomic E-state index is 5.16. The van der Waals surface area contributed by atoms with Crippen LogP contribution in [-0.4, -0.2) is 17.9 Å². The molecule has 1 aromatic heterocycles. The van der Waals surface area contributed by atoms with Crippen LogP contribution in [0.4, 0.5) is 0 Å². The Labute approximate surface area is 128 Å². The van der Waals surface area contributed by atoms with Crippen LogP contribution in [0.25, 0.3) is 0 Å². The number of thiocarbonyl (C=S) groups is 1. The van der Waals surface area contributed by atoms with Gasteiger partial charge in [0.1, 0.15) is 0 Å².